The molecular formula is C26H27B3Cl2N6O4. The fourth-order valence-corrected chi connectivity index (χ4v) is 5.42. The van der Waals surface area contributed by atoms with Crippen LogP contribution >= 0.6 is 23.2 Å². The lowest BCUT2D eigenvalue weighted by molar-refractivity contribution is 0.0989. The standard InChI is InChI=1S/C26H27B3Cl2N6O4/c1-12(2)36-20-18(33-21(36)16-10-32-25(41-4)34-22(16)40-3)24(39)37(19(20)13-5-7-14(30)8-6-13)17-9-15(31)11-35(23(17)38)26(27,28)29/h5-12,19H,27-29H2,1-4H3. The van der Waals surface area contributed by atoms with Crippen LogP contribution < -0.4 is 19.9 Å². The predicted octanol–water partition coefficient (Wildman–Crippen LogP) is 1.62. The van der Waals surface area contributed by atoms with Crippen LogP contribution in [0.15, 0.2) is 47.5 Å². The number of carbonyl (C=O) groups excluding carboxylic acids is 1. The number of imidazole rings is 1. The third-order valence-corrected chi connectivity index (χ3v) is 7.34. The SMILES string of the molecule is BC(B)(B)n1cc(Cl)cc(N2C(=O)c3nc(-c4cnc(OC)nc4OC)n(C(C)C)c3C2c2ccc(Cl)cc2)c1=O. The quantitative estimate of drug-likeness (QED) is 0.301. The lowest BCUT2D eigenvalue weighted by atomic mass is 9.49. The van der Waals surface area contributed by atoms with Crippen molar-refractivity contribution in [2.75, 3.05) is 19.1 Å². The number of ether oxygens (including phenoxy) is 2. The number of anilines is 1. The average Bonchev–Trinajstić information content (AvgIpc) is 3.44. The molecule has 15 heteroatoms. The lowest BCUT2D eigenvalue weighted by Crippen LogP contribution is -2.45. The topological polar surface area (TPSA) is 104 Å². The van der Waals surface area contributed by atoms with Crippen molar-refractivity contribution in [3.8, 4) is 23.3 Å². The molecule has 1 aliphatic heterocycles. The fraction of sp³-hybridized carbons (Fsp3) is 0.269. The van der Waals surface area contributed by atoms with E-state index in [-0.39, 0.29) is 34.9 Å². The number of nitrogens with zero attached hydrogens (tertiary/aromatic N) is 6. The number of methoxy groups -OCH3 is 2. The number of benzene rings is 1. The summed E-state index contributed by atoms with van der Waals surface area (Å²) >= 11 is 12.8. The van der Waals surface area contributed by atoms with E-state index in [4.69, 9.17) is 37.7 Å². The van der Waals surface area contributed by atoms with Crippen LogP contribution in [0.2, 0.25) is 10.0 Å². The van der Waals surface area contributed by atoms with Crippen molar-refractivity contribution in [2.24, 2.45) is 0 Å². The van der Waals surface area contributed by atoms with Gasteiger partial charge >= 0.3 is 6.01 Å². The summed E-state index contributed by atoms with van der Waals surface area (Å²) in [6.07, 6.45) is 3.14. The van der Waals surface area contributed by atoms with E-state index in [9.17, 15) is 9.59 Å². The monoisotopic (exact) mass is 590 g/mol. The van der Waals surface area contributed by atoms with E-state index in [0.29, 0.717) is 27.1 Å². The van der Waals surface area contributed by atoms with Crippen LogP contribution in [-0.4, -0.2) is 67.8 Å². The molecule has 3 aromatic heterocycles. The van der Waals surface area contributed by atoms with Gasteiger partial charge in [-0.3, -0.25) is 14.5 Å². The molecule has 0 aliphatic carbocycles. The van der Waals surface area contributed by atoms with Gasteiger partial charge in [0.25, 0.3) is 11.5 Å². The van der Waals surface area contributed by atoms with Gasteiger partial charge in [-0.15, -0.1) is 0 Å². The highest BCUT2D eigenvalue weighted by molar-refractivity contribution is 6.56. The van der Waals surface area contributed by atoms with Gasteiger partial charge < -0.3 is 18.6 Å². The number of hydrogen-bond acceptors (Lipinski definition) is 7. The fourth-order valence-electron chi connectivity index (χ4n) is 5.09. The average molecular weight is 591 g/mol. The van der Waals surface area contributed by atoms with E-state index in [2.05, 4.69) is 9.97 Å². The van der Waals surface area contributed by atoms with Gasteiger partial charge in [0.1, 0.15) is 41.1 Å². The molecule has 1 atom stereocenters. The molecule has 1 amide bonds. The van der Waals surface area contributed by atoms with E-state index in [1.54, 1.807) is 24.5 Å². The molecule has 5 rings (SSSR count). The zero-order chi connectivity index (χ0) is 29.8. The maximum Gasteiger partial charge on any atom is 0.319 e. The lowest BCUT2D eigenvalue weighted by Gasteiger charge is -2.30. The van der Waals surface area contributed by atoms with E-state index in [1.165, 1.54) is 29.8 Å². The first-order chi connectivity index (χ1) is 19.4. The highest BCUT2D eigenvalue weighted by Gasteiger charge is 2.46. The van der Waals surface area contributed by atoms with Gasteiger partial charge in [0, 0.05) is 23.5 Å². The minimum atomic E-state index is -0.705. The molecule has 0 saturated heterocycles. The Morgan fingerprint density at radius 2 is 1.68 bits per heavy atom. The van der Waals surface area contributed by atoms with Crippen molar-refractivity contribution in [2.45, 2.75) is 31.2 Å². The van der Waals surface area contributed by atoms with Crippen molar-refractivity contribution in [3.05, 3.63) is 80.1 Å². The van der Waals surface area contributed by atoms with Crippen LogP contribution in [0.3, 0.4) is 0 Å². The first-order valence-corrected chi connectivity index (χ1v) is 13.7. The van der Waals surface area contributed by atoms with Crippen LogP contribution in [0, 0.1) is 0 Å². The molecule has 0 bridgehead atoms. The Labute approximate surface area is 249 Å². The second-order valence-corrected chi connectivity index (χ2v) is 11.8. The Morgan fingerprint density at radius 1 is 1.00 bits per heavy atom. The Morgan fingerprint density at radius 3 is 2.27 bits per heavy atom. The number of carbonyl (C=O) groups is 1. The molecule has 1 aliphatic rings. The number of halogens is 2. The number of aromatic nitrogens is 5. The number of rotatable bonds is 7. The Kier molecular flexibility index (Phi) is 7.46. The first kappa shape index (κ1) is 28.8. The zero-order valence-electron chi connectivity index (χ0n) is 23.8. The van der Waals surface area contributed by atoms with E-state index >= 15 is 0 Å². The zero-order valence-corrected chi connectivity index (χ0v) is 25.3. The predicted molar refractivity (Wildman–Crippen MR) is 166 cm³/mol. The molecule has 0 radical (unpaired) electrons. The van der Waals surface area contributed by atoms with Gasteiger partial charge in [-0.1, -0.05) is 35.3 Å². The molecule has 1 aromatic carbocycles. The summed E-state index contributed by atoms with van der Waals surface area (Å²) in [7, 11) is 8.65. The van der Waals surface area contributed by atoms with E-state index in [1.807, 2.05) is 54.1 Å². The summed E-state index contributed by atoms with van der Waals surface area (Å²) in [6, 6.07) is 7.98. The van der Waals surface area contributed by atoms with Crippen LogP contribution in [0.25, 0.3) is 11.4 Å². The highest BCUT2D eigenvalue weighted by atomic mass is 35.5. The first-order valence-electron chi connectivity index (χ1n) is 13.0. The van der Waals surface area contributed by atoms with Crippen molar-refractivity contribution in [1.82, 2.24) is 24.1 Å². The molecular weight excluding hydrogens is 564 g/mol. The van der Waals surface area contributed by atoms with Crippen molar-refractivity contribution in [1.29, 1.82) is 0 Å². The third-order valence-electron chi connectivity index (χ3n) is 6.88. The molecule has 0 saturated carbocycles. The Bertz CT molecular complexity index is 1720. The summed E-state index contributed by atoms with van der Waals surface area (Å²) in [4.78, 5) is 43.0. The van der Waals surface area contributed by atoms with Crippen LogP contribution in [0.1, 0.15) is 47.7 Å². The van der Waals surface area contributed by atoms with Gasteiger partial charge in [-0.2, -0.15) is 4.98 Å². The maximum absolute atomic E-state index is 14.3. The number of amides is 1. The number of pyridine rings is 1. The Balaban J connectivity index is 1.81. The Hall–Kier alpha value is -3.70. The molecule has 4 aromatic rings. The molecule has 0 spiro atoms. The second-order valence-electron chi connectivity index (χ2n) is 10.9. The second kappa shape index (κ2) is 10.6. The molecule has 41 heavy (non-hydrogen) atoms. The molecule has 0 N–H and O–H groups in total. The van der Waals surface area contributed by atoms with E-state index in [0.717, 1.165) is 5.56 Å². The summed E-state index contributed by atoms with van der Waals surface area (Å²) in [5.74, 6) is 0.265. The maximum atomic E-state index is 14.3. The van der Waals surface area contributed by atoms with Crippen LogP contribution in [-0.2, 0) is 5.24 Å². The molecule has 4 heterocycles. The normalized spacial score (nSPS) is 15.0. The number of hydrogen-bond donors (Lipinski definition) is 0. The summed E-state index contributed by atoms with van der Waals surface area (Å²) in [6.45, 7) is 3.97. The number of fused-ring (bicyclic) bond motifs is 1. The molecule has 10 nitrogen and oxygen atoms in total. The van der Waals surface area contributed by atoms with Crippen molar-refractivity contribution in [3.63, 3.8) is 0 Å². The van der Waals surface area contributed by atoms with Gasteiger partial charge in [0.2, 0.25) is 5.88 Å². The van der Waals surface area contributed by atoms with E-state index < -0.39 is 17.2 Å². The van der Waals surface area contributed by atoms with Crippen molar-refractivity contribution >= 4 is 58.3 Å². The van der Waals surface area contributed by atoms with Gasteiger partial charge in [-0.25, -0.2) is 9.97 Å². The summed E-state index contributed by atoms with van der Waals surface area (Å²) < 4.78 is 14.2. The minimum absolute atomic E-state index is 0.137. The third kappa shape index (κ3) is 4.91. The molecule has 0 fully saturated rings. The van der Waals surface area contributed by atoms with Gasteiger partial charge in [-0.05, 0) is 42.8 Å². The smallest absolute Gasteiger partial charge is 0.319 e. The summed E-state index contributed by atoms with van der Waals surface area (Å²) in [5.41, 5.74) is 1.85. The highest BCUT2D eigenvalue weighted by Crippen LogP contribution is 2.45. The van der Waals surface area contributed by atoms with Crippen molar-refractivity contribution < 1.29 is 14.3 Å². The van der Waals surface area contributed by atoms with Gasteiger partial charge in [0.05, 0.1) is 30.5 Å². The largest absolute Gasteiger partial charge is 0.480 e. The molecule has 208 valence electrons. The van der Waals surface area contributed by atoms with Gasteiger partial charge in [0.15, 0.2) is 5.69 Å². The van der Waals surface area contributed by atoms with Crippen LogP contribution in [0.4, 0.5) is 5.69 Å². The van der Waals surface area contributed by atoms with Crippen LogP contribution in [0.5, 0.6) is 11.9 Å². The minimum Gasteiger partial charge on any atom is -0.480 e. The molecule has 1 unspecified atom stereocenters. The summed E-state index contributed by atoms with van der Waals surface area (Å²) in [5, 5.41) is 0.293.